The number of halogens is 1. The van der Waals surface area contributed by atoms with Gasteiger partial charge in [0.15, 0.2) is 5.69 Å². The maximum atomic E-state index is 13.9. The maximum Gasteiger partial charge on any atom is 0.275 e. The van der Waals surface area contributed by atoms with E-state index in [0.717, 1.165) is 11.3 Å². The lowest BCUT2D eigenvalue weighted by Crippen LogP contribution is -2.25. The SMILES string of the molecule is Cc1[nH]nc2c1[C@H](c1ccccc1F)N(C)C2=O. The van der Waals surface area contributed by atoms with Crippen LogP contribution in [0.15, 0.2) is 24.3 Å². The molecule has 0 saturated heterocycles. The predicted molar refractivity (Wildman–Crippen MR) is 63.7 cm³/mol. The summed E-state index contributed by atoms with van der Waals surface area (Å²) in [5.41, 5.74) is 2.46. The number of hydrogen-bond acceptors (Lipinski definition) is 2. The van der Waals surface area contributed by atoms with Crippen molar-refractivity contribution in [1.82, 2.24) is 15.1 Å². The van der Waals surface area contributed by atoms with Gasteiger partial charge in [-0.05, 0) is 13.0 Å². The highest BCUT2D eigenvalue weighted by Crippen LogP contribution is 2.38. The molecule has 18 heavy (non-hydrogen) atoms. The number of nitrogens with one attached hydrogen (secondary N) is 1. The molecule has 0 fully saturated rings. The molecule has 0 saturated carbocycles. The van der Waals surface area contributed by atoms with Gasteiger partial charge in [-0.3, -0.25) is 9.89 Å². The molecule has 2 heterocycles. The zero-order chi connectivity index (χ0) is 12.9. The van der Waals surface area contributed by atoms with E-state index >= 15 is 0 Å². The van der Waals surface area contributed by atoms with Crippen LogP contribution in [0.25, 0.3) is 0 Å². The van der Waals surface area contributed by atoms with E-state index < -0.39 is 6.04 Å². The number of benzene rings is 1. The Morgan fingerprint density at radius 2 is 2.11 bits per heavy atom. The molecule has 2 aromatic rings. The summed E-state index contributed by atoms with van der Waals surface area (Å²) in [6.07, 6.45) is 0. The van der Waals surface area contributed by atoms with Gasteiger partial charge in [-0.15, -0.1) is 0 Å². The van der Waals surface area contributed by atoms with Crippen molar-refractivity contribution in [3.8, 4) is 0 Å². The predicted octanol–water partition coefficient (Wildman–Crippen LogP) is 2.03. The lowest BCUT2D eigenvalue weighted by Gasteiger charge is -2.21. The number of fused-ring (bicyclic) bond motifs is 1. The fraction of sp³-hybridized carbons (Fsp3) is 0.231. The Morgan fingerprint density at radius 1 is 1.39 bits per heavy atom. The lowest BCUT2D eigenvalue weighted by molar-refractivity contribution is 0.0786. The summed E-state index contributed by atoms with van der Waals surface area (Å²) in [4.78, 5) is 13.6. The summed E-state index contributed by atoms with van der Waals surface area (Å²) >= 11 is 0. The molecule has 92 valence electrons. The molecule has 0 spiro atoms. The fourth-order valence-electron chi connectivity index (χ4n) is 2.47. The number of aromatic nitrogens is 2. The van der Waals surface area contributed by atoms with E-state index in [9.17, 15) is 9.18 Å². The van der Waals surface area contributed by atoms with E-state index in [1.165, 1.54) is 11.0 Å². The molecule has 4 nitrogen and oxygen atoms in total. The second-order valence-electron chi connectivity index (χ2n) is 4.45. The molecular formula is C13H12FN3O. The second kappa shape index (κ2) is 3.66. The minimum atomic E-state index is -0.396. The highest BCUT2D eigenvalue weighted by molar-refractivity contribution is 5.98. The Morgan fingerprint density at radius 3 is 2.83 bits per heavy atom. The molecule has 1 aliphatic heterocycles. The van der Waals surface area contributed by atoms with Gasteiger partial charge in [0, 0.05) is 23.9 Å². The van der Waals surface area contributed by atoms with Crippen LogP contribution in [0.1, 0.15) is 33.4 Å². The zero-order valence-corrected chi connectivity index (χ0v) is 10.1. The summed E-state index contributed by atoms with van der Waals surface area (Å²) < 4.78 is 13.9. The van der Waals surface area contributed by atoms with Gasteiger partial charge in [-0.2, -0.15) is 5.10 Å². The monoisotopic (exact) mass is 245 g/mol. The Kier molecular flexibility index (Phi) is 2.23. The smallest absolute Gasteiger partial charge is 0.275 e. The standard InChI is InChI=1S/C13H12FN3O/c1-7-10-11(16-15-7)13(18)17(2)12(10)8-5-3-4-6-9(8)14/h3-6,12H,1-2H3,(H,15,16)/t12-/m0/s1. The molecule has 1 aromatic carbocycles. The molecule has 0 radical (unpaired) electrons. The normalized spacial score (nSPS) is 18.3. The minimum Gasteiger partial charge on any atom is -0.329 e. The Hall–Kier alpha value is -2.17. The third kappa shape index (κ3) is 1.30. The third-order valence-electron chi connectivity index (χ3n) is 3.38. The first-order valence-corrected chi connectivity index (χ1v) is 5.67. The third-order valence-corrected chi connectivity index (χ3v) is 3.38. The first-order chi connectivity index (χ1) is 8.61. The van der Waals surface area contributed by atoms with Crippen LogP contribution >= 0.6 is 0 Å². The largest absolute Gasteiger partial charge is 0.329 e. The summed E-state index contributed by atoms with van der Waals surface area (Å²) in [6.45, 7) is 1.84. The topological polar surface area (TPSA) is 49.0 Å². The number of H-pyrrole nitrogens is 1. The molecule has 0 bridgehead atoms. The quantitative estimate of drug-likeness (QED) is 0.835. The van der Waals surface area contributed by atoms with Crippen LogP contribution in [0.3, 0.4) is 0 Å². The van der Waals surface area contributed by atoms with Crippen LogP contribution in [0.4, 0.5) is 4.39 Å². The summed E-state index contributed by atoms with van der Waals surface area (Å²) in [5, 5.41) is 6.78. The molecule has 0 unspecified atom stereocenters. The van der Waals surface area contributed by atoms with Crippen LogP contribution in [0, 0.1) is 12.7 Å². The number of hydrogen-bond donors (Lipinski definition) is 1. The van der Waals surface area contributed by atoms with Crippen LogP contribution < -0.4 is 0 Å². The number of nitrogens with zero attached hydrogens (tertiary/aromatic N) is 2. The second-order valence-corrected chi connectivity index (χ2v) is 4.45. The van der Waals surface area contributed by atoms with E-state index in [4.69, 9.17) is 0 Å². The van der Waals surface area contributed by atoms with Crippen LogP contribution in [-0.4, -0.2) is 28.1 Å². The molecule has 0 aliphatic carbocycles. The number of rotatable bonds is 1. The van der Waals surface area contributed by atoms with Crippen molar-refractivity contribution in [1.29, 1.82) is 0 Å². The highest BCUT2D eigenvalue weighted by atomic mass is 19.1. The van der Waals surface area contributed by atoms with Gasteiger partial charge in [-0.1, -0.05) is 18.2 Å². The van der Waals surface area contributed by atoms with Crippen molar-refractivity contribution in [3.05, 3.63) is 52.6 Å². The molecule has 1 N–H and O–H groups in total. The minimum absolute atomic E-state index is 0.178. The van der Waals surface area contributed by atoms with Crippen molar-refractivity contribution in [3.63, 3.8) is 0 Å². The average molecular weight is 245 g/mol. The van der Waals surface area contributed by atoms with Gasteiger partial charge in [0.2, 0.25) is 0 Å². The Labute approximate surface area is 103 Å². The molecule has 1 atom stereocenters. The van der Waals surface area contributed by atoms with E-state index in [0.29, 0.717) is 11.3 Å². The van der Waals surface area contributed by atoms with Crippen LogP contribution in [0.5, 0.6) is 0 Å². The molecule has 1 aliphatic rings. The first kappa shape index (κ1) is 11.0. The van der Waals surface area contributed by atoms with Crippen molar-refractivity contribution < 1.29 is 9.18 Å². The van der Waals surface area contributed by atoms with Crippen molar-refractivity contribution in [2.24, 2.45) is 0 Å². The number of aromatic amines is 1. The molecular weight excluding hydrogens is 233 g/mol. The Bertz CT molecular complexity index is 635. The van der Waals surface area contributed by atoms with Crippen LogP contribution in [0.2, 0.25) is 0 Å². The van der Waals surface area contributed by atoms with Gasteiger partial charge in [0.25, 0.3) is 5.91 Å². The number of carbonyl (C=O) groups is 1. The number of aryl methyl sites for hydroxylation is 1. The summed E-state index contributed by atoms with van der Waals surface area (Å²) in [7, 11) is 1.67. The van der Waals surface area contributed by atoms with Crippen molar-refractivity contribution in [2.75, 3.05) is 7.05 Å². The zero-order valence-electron chi connectivity index (χ0n) is 10.1. The first-order valence-electron chi connectivity index (χ1n) is 5.67. The van der Waals surface area contributed by atoms with E-state index in [-0.39, 0.29) is 11.7 Å². The van der Waals surface area contributed by atoms with Crippen molar-refractivity contribution in [2.45, 2.75) is 13.0 Å². The van der Waals surface area contributed by atoms with Crippen molar-refractivity contribution >= 4 is 5.91 Å². The lowest BCUT2D eigenvalue weighted by atomic mass is 9.99. The number of carbonyl (C=O) groups excluding carboxylic acids is 1. The summed E-state index contributed by atoms with van der Waals surface area (Å²) in [6, 6.07) is 6.11. The van der Waals surface area contributed by atoms with Gasteiger partial charge < -0.3 is 4.90 Å². The van der Waals surface area contributed by atoms with Gasteiger partial charge in [0.1, 0.15) is 5.82 Å². The van der Waals surface area contributed by atoms with E-state index in [2.05, 4.69) is 10.2 Å². The van der Waals surface area contributed by atoms with Gasteiger partial charge in [-0.25, -0.2) is 4.39 Å². The molecule has 5 heteroatoms. The molecule has 1 aromatic heterocycles. The maximum absolute atomic E-state index is 13.9. The van der Waals surface area contributed by atoms with E-state index in [1.807, 2.05) is 6.92 Å². The van der Waals surface area contributed by atoms with Gasteiger partial charge >= 0.3 is 0 Å². The van der Waals surface area contributed by atoms with Gasteiger partial charge in [0.05, 0.1) is 6.04 Å². The van der Waals surface area contributed by atoms with Crippen LogP contribution in [-0.2, 0) is 0 Å². The molecule has 1 amide bonds. The Balaban J connectivity index is 2.21. The summed E-state index contributed by atoms with van der Waals surface area (Å²) in [5.74, 6) is -0.488. The average Bonchev–Trinajstić information content (AvgIpc) is 2.83. The van der Waals surface area contributed by atoms with E-state index in [1.54, 1.807) is 25.2 Å². The highest BCUT2D eigenvalue weighted by Gasteiger charge is 2.40. The molecule has 3 rings (SSSR count). The number of amides is 1. The fourth-order valence-corrected chi connectivity index (χ4v) is 2.47.